The molecule has 0 amide bonds. The Hall–Kier alpha value is 0.872. The largest absolute Gasteiger partial charge is 0.475 e. The lowest BCUT2D eigenvalue weighted by atomic mass is 11.0. The average Bonchev–Trinajstić information content (AvgIpc) is 1.84. The van der Waals surface area contributed by atoms with Crippen molar-refractivity contribution in [2.75, 3.05) is 12.3 Å². The van der Waals surface area contributed by atoms with Gasteiger partial charge in [-0.15, -0.1) is 0 Å². The maximum absolute atomic E-state index is 11.3. The molecule has 0 spiro atoms. The maximum atomic E-state index is 11.3. The van der Waals surface area contributed by atoms with E-state index in [-0.39, 0.29) is 29.7 Å². The summed E-state index contributed by atoms with van der Waals surface area (Å²) in [6, 6.07) is 0. The maximum Gasteiger partial charge on any atom is 0.475 e. The van der Waals surface area contributed by atoms with Crippen molar-refractivity contribution < 1.29 is 23.2 Å². The molecule has 2 N–H and O–H groups in total. The highest BCUT2D eigenvalue weighted by Crippen LogP contribution is 2.58. The Morgan fingerprint density at radius 2 is 1.50 bits per heavy atom. The quantitative estimate of drug-likeness (QED) is 0.535. The highest BCUT2D eigenvalue weighted by Gasteiger charge is 2.28. The molecule has 0 atom stereocenters. The standard InChI is InChI=1S/C4H12O5P2.Al.3H/c1-3-10(5,4-2)9-11(6,7)8;;;;/h3-4H2,1-2H3,(H2,6,7,8);;;;. The molecule has 0 aromatic heterocycles. The minimum atomic E-state index is -4.58. The van der Waals surface area contributed by atoms with Crippen LogP contribution in [0.3, 0.4) is 0 Å². The Bertz CT molecular complexity index is 203. The van der Waals surface area contributed by atoms with E-state index in [9.17, 15) is 9.13 Å². The van der Waals surface area contributed by atoms with Gasteiger partial charge in [0.05, 0.1) is 0 Å². The Balaban J connectivity index is 0. The molecule has 0 aliphatic rings. The van der Waals surface area contributed by atoms with Crippen molar-refractivity contribution in [1.29, 1.82) is 0 Å². The molecule has 0 radical (unpaired) electrons. The van der Waals surface area contributed by atoms with Crippen LogP contribution in [0.4, 0.5) is 0 Å². The predicted molar refractivity (Wildman–Crippen MR) is 51.8 cm³/mol. The third-order valence-corrected chi connectivity index (χ3v) is 5.19. The first-order valence-corrected chi connectivity index (χ1v) is 6.70. The fraction of sp³-hybridized carbons (Fsp3) is 1.00. The molecule has 0 saturated heterocycles. The molecular formula is C4H15AlO5P2. The second-order valence-electron chi connectivity index (χ2n) is 2.02. The zero-order chi connectivity index (χ0) is 9.12. The van der Waals surface area contributed by atoms with Gasteiger partial charge in [-0.2, -0.15) is 0 Å². The van der Waals surface area contributed by atoms with Gasteiger partial charge in [0, 0.05) is 12.3 Å². The van der Waals surface area contributed by atoms with Crippen molar-refractivity contribution in [3.8, 4) is 0 Å². The van der Waals surface area contributed by atoms with Crippen molar-refractivity contribution >= 4 is 32.6 Å². The first-order chi connectivity index (χ1) is 4.83. The molecule has 74 valence electrons. The molecule has 8 heteroatoms. The van der Waals surface area contributed by atoms with Gasteiger partial charge in [0.15, 0.2) is 17.4 Å². The molecule has 0 rings (SSSR count). The van der Waals surface area contributed by atoms with Crippen LogP contribution in [0.15, 0.2) is 0 Å². The summed E-state index contributed by atoms with van der Waals surface area (Å²) in [5.74, 6) is 0. The lowest BCUT2D eigenvalue weighted by Crippen LogP contribution is -1.93. The van der Waals surface area contributed by atoms with E-state index >= 15 is 0 Å². The van der Waals surface area contributed by atoms with E-state index in [0.717, 1.165) is 0 Å². The first-order valence-electron chi connectivity index (χ1n) is 3.18. The van der Waals surface area contributed by atoms with E-state index in [2.05, 4.69) is 4.31 Å². The molecule has 5 nitrogen and oxygen atoms in total. The molecule has 0 aliphatic carbocycles. The minimum Gasteiger partial charge on any atom is -0.302 e. The fourth-order valence-electron chi connectivity index (χ4n) is 0.533. The summed E-state index contributed by atoms with van der Waals surface area (Å²) in [6.07, 6.45) is 0.295. The van der Waals surface area contributed by atoms with Gasteiger partial charge in [-0.3, -0.25) is 4.57 Å². The molecule has 0 aromatic rings. The van der Waals surface area contributed by atoms with E-state index in [0.29, 0.717) is 0 Å². The molecule has 0 unspecified atom stereocenters. The number of hydrogen-bond donors (Lipinski definition) is 2. The van der Waals surface area contributed by atoms with Gasteiger partial charge in [-0.25, -0.2) is 8.88 Å². The summed E-state index contributed by atoms with van der Waals surface area (Å²) in [6.45, 7) is 3.14. The third kappa shape index (κ3) is 6.40. The zero-order valence-electron chi connectivity index (χ0n) is 6.43. The summed E-state index contributed by atoms with van der Waals surface area (Å²) in [4.78, 5) is 16.7. The van der Waals surface area contributed by atoms with Gasteiger partial charge in [0.25, 0.3) is 0 Å². The van der Waals surface area contributed by atoms with Crippen molar-refractivity contribution in [3.05, 3.63) is 0 Å². The van der Waals surface area contributed by atoms with Gasteiger partial charge in [0.2, 0.25) is 7.37 Å². The smallest absolute Gasteiger partial charge is 0.302 e. The van der Waals surface area contributed by atoms with Gasteiger partial charge in [0.1, 0.15) is 0 Å². The fourth-order valence-corrected chi connectivity index (χ4v) is 3.45. The van der Waals surface area contributed by atoms with E-state index in [1.807, 2.05) is 0 Å². The van der Waals surface area contributed by atoms with Gasteiger partial charge in [-0.05, 0) is 0 Å². The van der Waals surface area contributed by atoms with Gasteiger partial charge in [-0.1, -0.05) is 13.8 Å². The molecule has 0 aromatic carbocycles. The molecule has 0 aliphatic heterocycles. The average molecular weight is 232 g/mol. The van der Waals surface area contributed by atoms with Crippen molar-refractivity contribution in [2.45, 2.75) is 13.8 Å². The van der Waals surface area contributed by atoms with E-state index in [4.69, 9.17) is 9.79 Å². The Labute approximate surface area is 82.3 Å². The van der Waals surface area contributed by atoms with Crippen LogP contribution in [-0.4, -0.2) is 39.5 Å². The third-order valence-electron chi connectivity index (χ3n) is 1.22. The SMILES string of the molecule is CCP(=O)(CC)OP(=O)(O)O.[AlH3]. The van der Waals surface area contributed by atoms with Crippen molar-refractivity contribution in [3.63, 3.8) is 0 Å². The first kappa shape index (κ1) is 15.3. The molecule has 0 fully saturated rings. The zero-order valence-corrected chi connectivity index (χ0v) is 8.22. The summed E-state index contributed by atoms with van der Waals surface area (Å²) in [5, 5.41) is 0. The van der Waals surface area contributed by atoms with Crippen molar-refractivity contribution in [1.82, 2.24) is 0 Å². The number of hydrogen-bond acceptors (Lipinski definition) is 3. The van der Waals surface area contributed by atoms with Crippen LogP contribution in [-0.2, 0) is 13.4 Å². The molecule has 12 heavy (non-hydrogen) atoms. The molecule has 0 saturated carbocycles. The highest BCUT2D eigenvalue weighted by molar-refractivity contribution is 7.67. The molecule has 0 bridgehead atoms. The van der Waals surface area contributed by atoms with Gasteiger partial charge < -0.3 is 9.79 Å². The topological polar surface area (TPSA) is 83.8 Å². The minimum absolute atomic E-state index is 0. The Morgan fingerprint density at radius 3 is 1.58 bits per heavy atom. The number of rotatable bonds is 4. The monoisotopic (exact) mass is 232 g/mol. The predicted octanol–water partition coefficient (Wildman–Crippen LogP) is 0.230. The number of phosphoric acid groups is 1. The summed E-state index contributed by atoms with van der Waals surface area (Å²) in [5.41, 5.74) is 0. The normalized spacial score (nSPS) is 12.3. The molecular weight excluding hydrogens is 217 g/mol. The second kappa shape index (κ2) is 5.57. The van der Waals surface area contributed by atoms with E-state index in [1.54, 1.807) is 13.8 Å². The van der Waals surface area contributed by atoms with E-state index in [1.165, 1.54) is 0 Å². The lowest BCUT2D eigenvalue weighted by molar-refractivity contribution is 0.283. The summed E-state index contributed by atoms with van der Waals surface area (Å²) >= 11 is 0. The van der Waals surface area contributed by atoms with Gasteiger partial charge >= 0.3 is 7.82 Å². The van der Waals surface area contributed by atoms with Crippen LogP contribution in [0.25, 0.3) is 0 Å². The second-order valence-corrected chi connectivity index (χ2v) is 6.55. The summed E-state index contributed by atoms with van der Waals surface area (Å²) < 4.78 is 25.7. The summed E-state index contributed by atoms with van der Waals surface area (Å²) in [7, 11) is -7.65. The Morgan fingerprint density at radius 1 is 1.17 bits per heavy atom. The van der Waals surface area contributed by atoms with E-state index < -0.39 is 15.2 Å². The highest BCUT2D eigenvalue weighted by atomic mass is 31.3. The van der Waals surface area contributed by atoms with Crippen molar-refractivity contribution in [2.24, 2.45) is 0 Å². The van der Waals surface area contributed by atoms with Crippen LogP contribution >= 0.6 is 15.2 Å². The van der Waals surface area contributed by atoms with Crippen LogP contribution in [0.5, 0.6) is 0 Å². The lowest BCUT2D eigenvalue weighted by Gasteiger charge is -2.14. The molecule has 0 heterocycles. The van der Waals surface area contributed by atoms with Crippen LogP contribution in [0.2, 0.25) is 0 Å². The van der Waals surface area contributed by atoms with Crippen LogP contribution in [0, 0.1) is 0 Å². The van der Waals surface area contributed by atoms with Crippen LogP contribution < -0.4 is 0 Å². The Kier molecular flexibility index (Phi) is 7.13. The van der Waals surface area contributed by atoms with Crippen LogP contribution in [0.1, 0.15) is 13.8 Å².